The zero-order valence-electron chi connectivity index (χ0n) is 14.4. The predicted molar refractivity (Wildman–Crippen MR) is 75.6 cm³/mol. The molecule has 0 aromatic carbocycles. The Bertz CT molecular complexity index is 702. The second-order valence-corrected chi connectivity index (χ2v) is 8.16. The molecule has 0 fully saturated rings. The van der Waals surface area contributed by atoms with Gasteiger partial charge in [-0.25, -0.2) is 25.3 Å². The Labute approximate surface area is 183 Å². The number of unbranched alkanes of at least 4 members (excludes halogenated alkanes) is 2. The minimum Gasteiger partial charge on any atom is -0.741 e. The van der Waals surface area contributed by atoms with Gasteiger partial charge in [-0.3, -0.25) is 0 Å². The summed E-state index contributed by atoms with van der Waals surface area (Å²) in [7, 11) is -18.3. The van der Waals surface area contributed by atoms with Crippen LogP contribution in [-0.4, -0.2) is 61.7 Å². The summed E-state index contributed by atoms with van der Waals surface area (Å²) in [6.45, 7) is 2.13. The molecular weight excluding hydrogens is 711 g/mol. The number of rotatable bonds is 3. The Morgan fingerprint density at radius 3 is 0.871 bits per heavy atom. The third kappa shape index (κ3) is 25.5. The number of alkyl halides is 9. The Kier molecular flexibility index (Phi) is 20.1. The second kappa shape index (κ2) is 15.3. The molecule has 0 saturated heterocycles. The molecule has 0 atom stereocenters. The molecule has 0 aliphatic rings. The van der Waals surface area contributed by atoms with E-state index < -0.39 is 46.9 Å². The SMILES string of the molecule is CCCCC=N.O=S(=O)([O-])C(F)(F)F.O=S(=O)([O-])C(F)(F)F.O=S(=O)([O-])C(F)(F)F.[Os]. The van der Waals surface area contributed by atoms with Gasteiger partial charge in [-0.05, 0) is 19.1 Å². The van der Waals surface area contributed by atoms with Gasteiger partial charge in [-0.1, -0.05) is 13.3 Å². The quantitative estimate of drug-likeness (QED) is 0.149. The van der Waals surface area contributed by atoms with Gasteiger partial charge in [0, 0.05) is 19.8 Å². The predicted octanol–water partition coefficient (Wildman–Crippen LogP) is 1.98. The maximum atomic E-state index is 10.7. The molecule has 194 valence electrons. The van der Waals surface area contributed by atoms with E-state index in [2.05, 4.69) is 6.92 Å². The van der Waals surface area contributed by atoms with Gasteiger partial charge in [0.1, 0.15) is 0 Å². The van der Waals surface area contributed by atoms with Crippen molar-refractivity contribution in [2.24, 2.45) is 0 Å². The van der Waals surface area contributed by atoms with E-state index in [-0.39, 0.29) is 19.8 Å². The van der Waals surface area contributed by atoms with Crippen LogP contribution in [0.25, 0.3) is 0 Å². The number of hydrogen-bond donors (Lipinski definition) is 1. The molecule has 0 spiro atoms. The summed E-state index contributed by atoms with van der Waals surface area (Å²) in [5.74, 6) is 0. The number of nitrogens with one attached hydrogen (secondary N) is 1. The molecule has 23 heteroatoms. The average Bonchev–Trinajstić information content (AvgIpc) is 2.40. The molecule has 31 heavy (non-hydrogen) atoms. The minimum absolute atomic E-state index is 0. The molecule has 0 bridgehead atoms. The number of hydrogen-bond acceptors (Lipinski definition) is 10. The summed E-state index contributed by atoms with van der Waals surface area (Å²) in [6.07, 6.45) is 4.79. The van der Waals surface area contributed by atoms with Crippen LogP contribution in [0.5, 0.6) is 0 Å². The van der Waals surface area contributed by atoms with Crippen LogP contribution < -0.4 is 0 Å². The van der Waals surface area contributed by atoms with E-state index in [0.717, 1.165) is 6.42 Å². The molecule has 0 aromatic rings. The van der Waals surface area contributed by atoms with Crippen LogP contribution in [0, 0.1) is 5.41 Å². The van der Waals surface area contributed by atoms with E-state index in [9.17, 15) is 39.5 Å². The van der Waals surface area contributed by atoms with Crippen molar-refractivity contribution in [2.75, 3.05) is 0 Å². The van der Waals surface area contributed by atoms with E-state index in [0.29, 0.717) is 0 Å². The van der Waals surface area contributed by atoms with Crippen LogP contribution >= 0.6 is 0 Å². The van der Waals surface area contributed by atoms with Gasteiger partial charge < -0.3 is 19.1 Å². The van der Waals surface area contributed by atoms with Crippen molar-refractivity contribution >= 4 is 36.6 Å². The first-order valence-corrected chi connectivity index (χ1v) is 10.4. The van der Waals surface area contributed by atoms with Crippen LogP contribution in [-0.2, 0) is 50.1 Å². The van der Waals surface area contributed by atoms with Crippen molar-refractivity contribution in [1.29, 1.82) is 5.41 Å². The fraction of sp³-hybridized carbons (Fsp3) is 0.875. The Balaban J connectivity index is -0.0000000965. The normalized spacial score (nSPS) is 12.4. The van der Waals surface area contributed by atoms with Gasteiger partial charge in [0.2, 0.25) is 0 Å². The maximum absolute atomic E-state index is 10.7. The van der Waals surface area contributed by atoms with Crippen molar-refractivity contribution in [2.45, 2.75) is 42.7 Å². The molecule has 0 amide bonds. The van der Waals surface area contributed by atoms with Crippen molar-refractivity contribution in [3.05, 3.63) is 0 Å². The summed E-state index contributed by atoms with van der Waals surface area (Å²) < 4.78 is 177. The molecule has 10 nitrogen and oxygen atoms in total. The van der Waals surface area contributed by atoms with E-state index in [1.165, 1.54) is 19.1 Å². The average molecular weight is 723 g/mol. The van der Waals surface area contributed by atoms with Crippen LogP contribution in [0.2, 0.25) is 0 Å². The first-order chi connectivity index (χ1) is 12.7. The third-order valence-corrected chi connectivity index (χ3v) is 3.25. The van der Waals surface area contributed by atoms with Crippen molar-refractivity contribution in [1.82, 2.24) is 0 Å². The molecule has 0 unspecified atom stereocenters. The first kappa shape index (κ1) is 40.7. The second-order valence-electron chi connectivity index (χ2n) is 4.05. The van der Waals surface area contributed by atoms with E-state index in [1.807, 2.05) is 0 Å². The fourth-order valence-electron chi connectivity index (χ4n) is 0.306. The number of halogens is 9. The monoisotopic (exact) mass is 724 g/mol. The maximum Gasteiger partial charge on any atom is 0.485 e. The van der Waals surface area contributed by atoms with Crippen LogP contribution in [0.15, 0.2) is 0 Å². The summed E-state index contributed by atoms with van der Waals surface area (Å²) >= 11 is 0. The van der Waals surface area contributed by atoms with Crippen molar-refractivity contribution in [3.63, 3.8) is 0 Å². The molecule has 0 aliphatic carbocycles. The summed E-state index contributed by atoms with van der Waals surface area (Å²) in [4.78, 5) is 0. The smallest absolute Gasteiger partial charge is 0.485 e. The first-order valence-electron chi connectivity index (χ1n) is 6.22. The van der Waals surface area contributed by atoms with Gasteiger partial charge in [0.15, 0.2) is 30.4 Å². The Morgan fingerprint density at radius 1 is 0.677 bits per heavy atom. The molecule has 0 radical (unpaired) electrons. The van der Waals surface area contributed by atoms with Crippen molar-refractivity contribution in [3.8, 4) is 0 Å². The standard InChI is InChI=1S/C5H11N.3CHF3O3S.Os/c1-2-3-4-5-6;3*2-1(3,4)8(5,6)7;/h5-6H,2-4H2,1H3;3*(H,5,6,7);/p-3. The van der Waals surface area contributed by atoms with Crippen LogP contribution in [0.1, 0.15) is 26.2 Å². The largest absolute Gasteiger partial charge is 0.741 e. The Hall–Kier alpha value is -0.594. The molecule has 0 heterocycles. The van der Waals surface area contributed by atoms with Gasteiger partial charge in [-0.2, -0.15) is 39.5 Å². The summed E-state index contributed by atoms with van der Waals surface area (Å²) in [6, 6.07) is 0. The van der Waals surface area contributed by atoms with Crippen LogP contribution in [0.3, 0.4) is 0 Å². The van der Waals surface area contributed by atoms with E-state index >= 15 is 0 Å². The molecule has 0 rings (SSSR count). The minimum atomic E-state index is -6.09. The van der Waals surface area contributed by atoms with Gasteiger partial charge >= 0.3 is 16.5 Å². The fourth-order valence-corrected chi connectivity index (χ4v) is 0.306. The topological polar surface area (TPSA) is 195 Å². The van der Waals surface area contributed by atoms with E-state index in [4.69, 9.17) is 44.3 Å². The Morgan fingerprint density at radius 2 is 0.839 bits per heavy atom. The summed E-state index contributed by atoms with van der Waals surface area (Å²) in [5.41, 5.74) is -16.9. The van der Waals surface area contributed by atoms with Gasteiger partial charge in [0.05, 0.1) is 0 Å². The van der Waals surface area contributed by atoms with Crippen molar-refractivity contribution < 1.29 is 98.2 Å². The molecule has 1 N–H and O–H groups in total. The molecule has 0 saturated carbocycles. The molecule has 0 aromatic heterocycles. The third-order valence-electron chi connectivity index (χ3n) is 1.55. The molecule has 0 aliphatic heterocycles. The summed E-state index contributed by atoms with van der Waals surface area (Å²) in [5, 5.41) is 6.58. The van der Waals surface area contributed by atoms with Gasteiger partial charge in [0.25, 0.3) is 0 Å². The zero-order valence-corrected chi connectivity index (χ0v) is 19.3. The van der Waals surface area contributed by atoms with Crippen LogP contribution in [0.4, 0.5) is 39.5 Å². The van der Waals surface area contributed by atoms with E-state index in [1.54, 1.807) is 0 Å². The van der Waals surface area contributed by atoms with Gasteiger partial charge in [-0.15, -0.1) is 0 Å². The molecular formula is C8H11F9NO9OsS3-3. The zero-order chi connectivity index (χ0) is 25.8.